The number of hydrogen-bond donors (Lipinski definition) is 1. The zero-order valence-electron chi connectivity index (χ0n) is 15.2. The minimum absolute atomic E-state index is 0.328. The van der Waals surface area contributed by atoms with Crippen molar-refractivity contribution in [3.8, 4) is 0 Å². The Morgan fingerprint density at radius 3 is 2.33 bits per heavy atom. The summed E-state index contributed by atoms with van der Waals surface area (Å²) >= 11 is 0. The molecule has 3 nitrogen and oxygen atoms in total. The Morgan fingerprint density at radius 1 is 1.14 bits per heavy atom. The minimum Gasteiger partial charge on any atom is -0.380 e. The Hall–Kier alpha value is -0.120. The fourth-order valence-electron chi connectivity index (χ4n) is 3.47. The van der Waals surface area contributed by atoms with Crippen molar-refractivity contribution in [2.24, 2.45) is 11.8 Å². The van der Waals surface area contributed by atoms with Gasteiger partial charge in [-0.25, -0.2) is 0 Å². The van der Waals surface area contributed by atoms with Gasteiger partial charge in [-0.15, -0.1) is 0 Å². The van der Waals surface area contributed by atoms with Crippen LogP contribution in [0.4, 0.5) is 0 Å². The molecule has 1 unspecified atom stereocenters. The van der Waals surface area contributed by atoms with Gasteiger partial charge in [-0.05, 0) is 31.1 Å². The molecule has 21 heavy (non-hydrogen) atoms. The lowest BCUT2D eigenvalue weighted by Crippen LogP contribution is -2.64. The van der Waals surface area contributed by atoms with Gasteiger partial charge >= 0.3 is 0 Å². The molecule has 3 heteroatoms. The van der Waals surface area contributed by atoms with E-state index in [1.165, 1.54) is 25.8 Å². The molecular weight excluding hydrogens is 260 g/mol. The number of piperazine rings is 1. The standard InChI is InChI=1S/C18H38N2O/c1-7-18(8-2)14-19-17(11-15(3)4)12-20(18)9-10-21-13-16(5)6/h15-17,19H,7-14H2,1-6H3. The topological polar surface area (TPSA) is 24.5 Å². The highest BCUT2D eigenvalue weighted by Gasteiger charge is 2.38. The summed E-state index contributed by atoms with van der Waals surface area (Å²) in [5, 5.41) is 3.80. The average Bonchev–Trinajstić information content (AvgIpc) is 2.43. The van der Waals surface area contributed by atoms with Gasteiger partial charge in [0.05, 0.1) is 6.61 Å². The van der Waals surface area contributed by atoms with Crippen molar-refractivity contribution in [2.75, 3.05) is 32.8 Å². The lowest BCUT2D eigenvalue weighted by Gasteiger charge is -2.50. The maximum Gasteiger partial charge on any atom is 0.0593 e. The lowest BCUT2D eigenvalue weighted by molar-refractivity contribution is -0.00162. The van der Waals surface area contributed by atoms with Gasteiger partial charge < -0.3 is 10.1 Å². The molecule has 1 heterocycles. The van der Waals surface area contributed by atoms with Gasteiger partial charge in [0, 0.05) is 37.8 Å². The second-order valence-electron chi connectivity index (χ2n) is 7.55. The summed E-state index contributed by atoms with van der Waals surface area (Å²) in [5.74, 6) is 1.39. The molecule has 0 aromatic carbocycles. The van der Waals surface area contributed by atoms with E-state index in [-0.39, 0.29) is 0 Å². The van der Waals surface area contributed by atoms with Crippen molar-refractivity contribution >= 4 is 0 Å². The molecule has 0 radical (unpaired) electrons. The van der Waals surface area contributed by atoms with E-state index in [1.54, 1.807) is 0 Å². The Balaban J connectivity index is 2.56. The van der Waals surface area contributed by atoms with Crippen LogP contribution in [0.2, 0.25) is 0 Å². The number of rotatable bonds is 9. The molecule has 1 atom stereocenters. The molecule has 0 spiro atoms. The monoisotopic (exact) mass is 298 g/mol. The van der Waals surface area contributed by atoms with E-state index < -0.39 is 0 Å². The second kappa shape index (κ2) is 9.12. The maximum atomic E-state index is 5.83. The normalized spacial score (nSPS) is 23.1. The van der Waals surface area contributed by atoms with Crippen LogP contribution in [-0.4, -0.2) is 49.3 Å². The van der Waals surface area contributed by atoms with Crippen LogP contribution in [0, 0.1) is 11.8 Å². The number of nitrogens with zero attached hydrogens (tertiary/aromatic N) is 1. The quantitative estimate of drug-likeness (QED) is 0.659. The molecule has 0 aliphatic carbocycles. The predicted octanol–water partition coefficient (Wildman–Crippen LogP) is 3.54. The maximum absolute atomic E-state index is 5.83. The van der Waals surface area contributed by atoms with Gasteiger partial charge in [-0.3, -0.25) is 4.90 Å². The molecule has 0 saturated carbocycles. The first-order valence-electron chi connectivity index (χ1n) is 8.99. The number of nitrogens with one attached hydrogen (secondary N) is 1. The van der Waals surface area contributed by atoms with Crippen molar-refractivity contribution in [3.63, 3.8) is 0 Å². The van der Waals surface area contributed by atoms with Crippen molar-refractivity contribution in [2.45, 2.75) is 72.4 Å². The molecule has 126 valence electrons. The molecule has 0 bridgehead atoms. The zero-order chi connectivity index (χ0) is 15.9. The first kappa shape index (κ1) is 18.9. The van der Waals surface area contributed by atoms with Crippen molar-refractivity contribution in [3.05, 3.63) is 0 Å². The van der Waals surface area contributed by atoms with Crippen LogP contribution in [0.1, 0.15) is 60.8 Å². The zero-order valence-corrected chi connectivity index (χ0v) is 15.2. The molecule has 1 aliphatic rings. The van der Waals surface area contributed by atoms with E-state index in [1.807, 2.05) is 0 Å². The van der Waals surface area contributed by atoms with E-state index in [4.69, 9.17) is 4.74 Å². The van der Waals surface area contributed by atoms with E-state index in [0.717, 1.165) is 32.2 Å². The van der Waals surface area contributed by atoms with Crippen molar-refractivity contribution in [1.29, 1.82) is 0 Å². The molecular formula is C18H38N2O. The first-order valence-corrected chi connectivity index (χ1v) is 8.99. The highest BCUT2D eigenvalue weighted by molar-refractivity contribution is 4.97. The SMILES string of the molecule is CCC1(CC)CNC(CC(C)C)CN1CCOCC(C)C. The highest BCUT2D eigenvalue weighted by atomic mass is 16.5. The van der Waals surface area contributed by atoms with Gasteiger partial charge in [-0.1, -0.05) is 41.5 Å². The Kier molecular flexibility index (Phi) is 8.22. The summed E-state index contributed by atoms with van der Waals surface area (Å²) in [6.45, 7) is 18.8. The van der Waals surface area contributed by atoms with Crippen LogP contribution in [0.25, 0.3) is 0 Å². The molecule has 1 N–H and O–H groups in total. The molecule has 0 aromatic rings. The summed E-state index contributed by atoms with van der Waals surface area (Å²) in [6.07, 6.45) is 3.71. The van der Waals surface area contributed by atoms with Crippen LogP contribution in [0.5, 0.6) is 0 Å². The van der Waals surface area contributed by atoms with E-state index in [2.05, 4.69) is 51.8 Å². The smallest absolute Gasteiger partial charge is 0.0593 e. The van der Waals surface area contributed by atoms with Gasteiger partial charge in [0.15, 0.2) is 0 Å². The van der Waals surface area contributed by atoms with Crippen molar-refractivity contribution in [1.82, 2.24) is 10.2 Å². The average molecular weight is 299 g/mol. The fourth-order valence-corrected chi connectivity index (χ4v) is 3.47. The third-order valence-corrected chi connectivity index (χ3v) is 4.86. The Labute approximate surface area is 132 Å². The third-order valence-electron chi connectivity index (χ3n) is 4.86. The molecule has 1 aliphatic heterocycles. The molecule has 0 amide bonds. The van der Waals surface area contributed by atoms with Crippen LogP contribution < -0.4 is 5.32 Å². The van der Waals surface area contributed by atoms with Gasteiger partial charge in [0.1, 0.15) is 0 Å². The number of hydrogen-bond acceptors (Lipinski definition) is 3. The van der Waals surface area contributed by atoms with Crippen LogP contribution in [-0.2, 0) is 4.74 Å². The van der Waals surface area contributed by atoms with Crippen LogP contribution >= 0.6 is 0 Å². The first-order chi connectivity index (χ1) is 9.93. The van der Waals surface area contributed by atoms with Gasteiger partial charge in [-0.2, -0.15) is 0 Å². The second-order valence-corrected chi connectivity index (χ2v) is 7.55. The van der Waals surface area contributed by atoms with Crippen LogP contribution in [0.3, 0.4) is 0 Å². The summed E-state index contributed by atoms with van der Waals surface area (Å²) in [7, 11) is 0. The van der Waals surface area contributed by atoms with Crippen LogP contribution in [0.15, 0.2) is 0 Å². The van der Waals surface area contributed by atoms with E-state index in [9.17, 15) is 0 Å². The summed E-state index contributed by atoms with van der Waals surface area (Å²) < 4.78 is 5.83. The Morgan fingerprint density at radius 2 is 1.81 bits per heavy atom. The molecule has 0 aromatic heterocycles. The van der Waals surface area contributed by atoms with E-state index >= 15 is 0 Å². The fraction of sp³-hybridized carbons (Fsp3) is 1.00. The lowest BCUT2D eigenvalue weighted by atomic mass is 9.86. The Bertz CT molecular complexity index is 274. The largest absolute Gasteiger partial charge is 0.380 e. The summed E-state index contributed by atoms with van der Waals surface area (Å²) in [5.41, 5.74) is 0.328. The van der Waals surface area contributed by atoms with Gasteiger partial charge in [0.2, 0.25) is 0 Å². The third kappa shape index (κ3) is 5.88. The molecule has 1 fully saturated rings. The predicted molar refractivity (Wildman–Crippen MR) is 91.8 cm³/mol. The van der Waals surface area contributed by atoms with E-state index in [0.29, 0.717) is 17.5 Å². The summed E-state index contributed by atoms with van der Waals surface area (Å²) in [6, 6.07) is 0.640. The highest BCUT2D eigenvalue weighted by Crippen LogP contribution is 2.28. The molecule has 1 rings (SSSR count). The van der Waals surface area contributed by atoms with Gasteiger partial charge in [0.25, 0.3) is 0 Å². The minimum atomic E-state index is 0.328. The summed E-state index contributed by atoms with van der Waals surface area (Å²) in [4.78, 5) is 2.71. The number of ether oxygens (including phenoxy) is 1. The van der Waals surface area contributed by atoms with Crippen molar-refractivity contribution < 1.29 is 4.74 Å². The molecule has 1 saturated heterocycles.